The van der Waals surface area contributed by atoms with Gasteiger partial charge in [-0.3, -0.25) is 19.8 Å². The third-order valence-corrected chi connectivity index (χ3v) is 2.67. The van der Waals surface area contributed by atoms with E-state index in [1.807, 2.05) is 4.90 Å². The van der Waals surface area contributed by atoms with Crippen molar-refractivity contribution in [2.45, 2.75) is 6.10 Å². The topological polar surface area (TPSA) is 95.7 Å². The number of non-ortho nitro benzene ring substituents is 1. The van der Waals surface area contributed by atoms with Crippen molar-refractivity contribution in [1.29, 1.82) is 0 Å². The van der Waals surface area contributed by atoms with Gasteiger partial charge in [0, 0.05) is 30.9 Å². The van der Waals surface area contributed by atoms with Crippen LogP contribution in [0.25, 0.3) is 0 Å². The maximum absolute atomic E-state index is 11.6. The number of hydrogen-bond donors (Lipinski definition) is 2. The molecular formula is C11H13N3O4. The number of benzene rings is 1. The number of aliphatic hydroxyl groups excluding tert-OH is 1. The van der Waals surface area contributed by atoms with E-state index in [9.17, 15) is 14.9 Å². The van der Waals surface area contributed by atoms with Gasteiger partial charge in [-0.05, 0) is 12.1 Å². The van der Waals surface area contributed by atoms with Gasteiger partial charge in [0.25, 0.3) is 5.69 Å². The molecule has 1 amide bonds. The number of nitro benzene ring substituents is 1. The number of carbonyl (C=O) groups excluding carboxylic acids is 1. The molecule has 1 aliphatic rings. The zero-order valence-electron chi connectivity index (χ0n) is 9.57. The van der Waals surface area contributed by atoms with Crippen LogP contribution in [0.4, 0.5) is 11.4 Å². The van der Waals surface area contributed by atoms with Crippen molar-refractivity contribution in [3.8, 4) is 0 Å². The highest BCUT2D eigenvalue weighted by Crippen LogP contribution is 2.15. The standard InChI is InChI=1S/C11H13N3O4/c15-10-5-13(6-10)7-11(16)12-8-1-3-9(4-2-8)14(17)18/h1-4,10,15H,5-7H2,(H,12,16). The summed E-state index contributed by atoms with van der Waals surface area (Å²) in [4.78, 5) is 23.3. The Kier molecular flexibility index (Phi) is 3.54. The van der Waals surface area contributed by atoms with E-state index in [0.29, 0.717) is 18.8 Å². The molecule has 0 spiro atoms. The van der Waals surface area contributed by atoms with E-state index in [1.165, 1.54) is 24.3 Å². The van der Waals surface area contributed by atoms with Gasteiger partial charge in [0.1, 0.15) is 0 Å². The van der Waals surface area contributed by atoms with E-state index in [-0.39, 0.29) is 24.2 Å². The number of amides is 1. The molecule has 0 unspecified atom stereocenters. The van der Waals surface area contributed by atoms with Crippen LogP contribution in [0.2, 0.25) is 0 Å². The van der Waals surface area contributed by atoms with Crippen molar-refractivity contribution in [3.05, 3.63) is 34.4 Å². The average Bonchev–Trinajstić information content (AvgIpc) is 2.27. The Morgan fingerprint density at radius 2 is 2.06 bits per heavy atom. The van der Waals surface area contributed by atoms with Gasteiger partial charge < -0.3 is 10.4 Å². The molecule has 2 rings (SSSR count). The molecule has 18 heavy (non-hydrogen) atoms. The Labute approximate surface area is 103 Å². The lowest BCUT2D eigenvalue weighted by molar-refractivity contribution is -0.384. The van der Waals surface area contributed by atoms with Crippen LogP contribution in [0, 0.1) is 10.1 Å². The van der Waals surface area contributed by atoms with E-state index in [1.54, 1.807) is 0 Å². The Bertz CT molecular complexity index is 454. The predicted octanol–water partition coefficient (Wildman–Crippen LogP) is 0.210. The second kappa shape index (κ2) is 5.11. The van der Waals surface area contributed by atoms with Crippen LogP contribution in [-0.4, -0.2) is 46.6 Å². The maximum Gasteiger partial charge on any atom is 0.269 e. The van der Waals surface area contributed by atoms with Crippen LogP contribution in [-0.2, 0) is 4.79 Å². The molecule has 0 bridgehead atoms. The third-order valence-electron chi connectivity index (χ3n) is 2.67. The number of carbonyl (C=O) groups is 1. The Hall–Kier alpha value is -1.99. The lowest BCUT2D eigenvalue weighted by atomic mass is 10.2. The third kappa shape index (κ3) is 3.02. The van der Waals surface area contributed by atoms with E-state index in [2.05, 4.69) is 5.32 Å². The van der Waals surface area contributed by atoms with Crippen molar-refractivity contribution in [1.82, 2.24) is 4.90 Å². The first-order chi connectivity index (χ1) is 8.54. The van der Waals surface area contributed by atoms with Crippen molar-refractivity contribution in [2.24, 2.45) is 0 Å². The highest BCUT2D eigenvalue weighted by atomic mass is 16.6. The number of hydrogen-bond acceptors (Lipinski definition) is 5. The summed E-state index contributed by atoms with van der Waals surface area (Å²) in [5.41, 5.74) is 0.505. The van der Waals surface area contributed by atoms with Crippen LogP contribution in [0.1, 0.15) is 0 Å². The summed E-state index contributed by atoms with van der Waals surface area (Å²) in [6.07, 6.45) is -0.336. The molecule has 96 valence electrons. The number of nitro groups is 1. The number of rotatable bonds is 4. The first-order valence-corrected chi connectivity index (χ1v) is 5.49. The molecule has 2 N–H and O–H groups in total. The number of β-amino-alcohol motifs (C(OH)–C–C–N with tert-alkyl or cyclic N) is 1. The molecule has 7 nitrogen and oxygen atoms in total. The fraction of sp³-hybridized carbons (Fsp3) is 0.364. The minimum Gasteiger partial charge on any atom is -0.390 e. The van der Waals surface area contributed by atoms with Crippen LogP contribution in [0.5, 0.6) is 0 Å². The number of nitrogens with one attached hydrogen (secondary N) is 1. The minimum atomic E-state index is -0.493. The van der Waals surface area contributed by atoms with Crippen molar-refractivity contribution in [2.75, 3.05) is 25.0 Å². The van der Waals surface area contributed by atoms with Gasteiger partial charge in [-0.25, -0.2) is 0 Å². The summed E-state index contributed by atoms with van der Waals surface area (Å²) in [7, 11) is 0. The van der Waals surface area contributed by atoms with Gasteiger partial charge in [-0.2, -0.15) is 0 Å². The molecule has 0 saturated carbocycles. The number of nitrogens with zero attached hydrogens (tertiary/aromatic N) is 2. The van der Waals surface area contributed by atoms with Gasteiger partial charge in [0.05, 0.1) is 17.6 Å². The zero-order valence-corrected chi connectivity index (χ0v) is 9.57. The van der Waals surface area contributed by atoms with E-state index in [4.69, 9.17) is 5.11 Å². The molecule has 1 aliphatic heterocycles. The highest BCUT2D eigenvalue weighted by Gasteiger charge is 2.25. The SMILES string of the molecule is O=C(CN1CC(O)C1)Nc1ccc([N+](=O)[O-])cc1. The largest absolute Gasteiger partial charge is 0.390 e. The lowest BCUT2D eigenvalue weighted by Crippen LogP contribution is -2.53. The molecule has 1 fully saturated rings. The molecule has 1 heterocycles. The molecule has 0 aromatic heterocycles. The Morgan fingerprint density at radius 1 is 1.44 bits per heavy atom. The fourth-order valence-electron chi connectivity index (χ4n) is 1.74. The molecule has 1 saturated heterocycles. The fourth-order valence-corrected chi connectivity index (χ4v) is 1.74. The second-order valence-corrected chi connectivity index (χ2v) is 4.20. The van der Waals surface area contributed by atoms with E-state index < -0.39 is 4.92 Å². The number of likely N-dealkylation sites (tertiary alicyclic amines) is 1. The first kappa shape index (κ1) is 12.5. The van der Waals surface area contributed by atoms with Crippen molar-refractivity contribution < 1.29 is 14.8 Å². The summed E-state index contributed by atoms with van der Waals surface area (Å²) >= 11 is 0. The first-order valence-electron chi connectivity index (χ1n) is 5.49. The van der Waals surface area contributed by atoms with Crippen molar-refractivity contribution in [3.63, 3.8) is 0 Å². The summed E-state index contributed by atoms with van der Waals surface area (Å²) in [5, 5.41) is 22.1. The van der Waals surface area contributed by atoms with Crippen molar-refractivity contribution >= 4 is 17.3 Å². The molecule has 1 aromatic carbocycles. The monoisotopic (exact) mass is 251 g/mol. The van der Waals surface area contributed by atoms with Gasteiger partial charge in [-0.15, -0.1) is 0 Å². The molecular weight excluding hydrogens is 238 g/mol. The molecule has 0 atom stereocenters. The molecule has 0 radical (unpaired) electrons. The smallest absolute Gasteiger partial charge is 0.269 e. The van der Waals surface area contributed by atoms with Gasteiger partial charge in [-0.1, -0.05) is 0 Å². The normalized spacial score (nSPS) is 16.1. The Balaban J connectivity index is 1.85. The summed E-state index contributed by atoms with van der Waals surface area (Å²) in [6, 6.07) is 5.65. The number of anilines is 1. The molecule has 1 aromatic rings. The Morgan fingerprint density at radius 3 is 2.56 bits per heavy atom. The van der Waals surface area contributed by atoms with Crippen LogP contribution < -0.4 is 5.32 Å². The molecule has 0 aliphatic carbocycles. The predicted molar refractivity (Wildman–Crippen MR) is 64.2 cm³/mol. The van der Waals surface area contributed by atoms with Gasteiger partial charge in [0.15, 0.2) is 0 Å². The quantitative estimate of drug-likeness (QED) is 0.589. The lowest BCUT2D eigenvalue weighted by Gasteiger charge is -2.34. The van der Waals surface area contributed by atoms with Crippen LogP contribution in [0.15, 0.2) is 24.3 Å². The van der Waals surface area contributed by atoms with Crippen LogP contribution >= 0.6 is 0 Å². The minimum absolute atomic E-state index is 0.0149. The van der Waals surface area contributed by atoms with Gasteiger partial charge >= 0.3 is 0 Å². The summed E-state index contributed by atoms with van der Waals surface area (Å²) < 4.78 is 0. The second-order valence-electron chi connectivity index (χ2n) is 4.20. The zero-order chi connectivity index (χ0) is 13.1. The average molecular weight is 251 g/mol. The number of aliphatic hydroxyl groups is 1. The highest BCUT2D eigenvalue weighted by molar-refractivity contribution is 5.92. The maximum atomic E-state index is 11.6. The van der Waals surface area contributed by atoms with Gasteiger partial charge in [0.2, 0.25) is 5.91 Å². The van der Waals surface area contributed by atoms with E-state index in [0.717, 1.165) is 0 Å². The van der Waals surface area contributed by atoms with Crippen LogP contribution in [0.3, 0.4) is 0 Å². The summed E-state index contributed by atoms with van der Waals surface area (Å²) in [6.45, 7) is 1.23. The summed E-state index contributed by atoms with van der Waals surface area (Å²) in [5.74, 6) is -0.198. The van der Waals surface area contributed by atoms with E-state index >= 15 is 0 Å². The molecule has 7 heteroatoms.